The zero-order valence-electron chi connectivity index (χ0n) is 5.20. The lowest BCUT2D eigenvalue weighted by atomic mass is 10.2. The molecule has 1 rings (SSSR count). The summed E-state index contributed by atoms with van der Waals surface area (Å²) in [4.78, 5) is 0. The lowest BCUT2D eigenvalue weighted by Gasteiger charge is -1.97. The van der Waals surface area contributed by atoms with Gasteiger partial charge in [-0.2, -0.15) is 0 Å². The summed E-state index contributed by atoms with van der Waals surface area (Å²) < 4.78 is 0. The van der Waals surface area contributed by atoms with Crippen molar-refractivity contribution in [2.45, 2.75) is 0 Å². The Labute approximate surface area is 58.7 Å². The fourth-order valence-corrected chi connectivity index (χ4v) is 0.648. The summed E-state index contributed by atoms with van der Waals surface area (Å²) >= 11 is 0. The van der Waals surface area contributed by atoms with Crippen LogP contribution < -0.4 is 0 Å². The van der Waals surface area contributed by atoms with Gasteiger partial charge in [-0.3, -0.25) is 0 Å². The number of hydrogen-bond acceptors (Lipinski definition) is 2. The van der Waals surface area contributed by atoms with Crippen molar-refractivity contribution in [1.29, 1.82) is 0 Å². The Kier molecular flexibility index (Phi) is 1.51. The Bertz CT molecular complexity index is 284. The maximum atomic E-state index is 9.01. The van der Waals surface area contributed by atoms with E-state index in [0.717, 1.165) is 0 Å². The third-order valence-corrected chi connectivity index (χ3v) is 1.17. The summed E-state index contributed by atoms with van der Waals surface area (Å²) in [6, 6.07) is 4.50. The SMILES string of the molecule is C#Cc1cccc(O)c1O. The molecule has 0 unspecified atom stereocenters. The standard InChI is InChI=1S/C8H6O2/c1-2-6-4-3-5-7(9)8(6)10/h1,3-5,9-10H. The van der Waals surface area contributed by atoms with Crippen LogP contribution >= 0.6 is 0 Å². The Morgan fingerprint density at radius 1 is 1.30 bits per heavy atom. The first-order chi connectivity index (χ1) is 4.75. The largest absolute Gasteiger partial charge is 0.504 e. The molecule has 0 aliphatic rings. The molecule has 0 radical (unpaired) electrons. The molecule has 50 valence electrons. The summed E-state index contributed by atoms with van der Waals surface area (Å²) in [6.45, 7) is 0. The summed E-state index contributed by atoms with van der Waals surface area (Å²) in [7, 11) is 0. The summed E-state index contributed by atoms with van der Waals surface area (Å²) in [5.41, 5.74) is 0.306. The van der Waals surface area contributed by atoms with Crippen LogP contribution in [-0.4, -0.2) is 10.2 Å². The molecule has 0 atom stereocenters. The zero-order chi connectivity index (χ0) is 7.56. The van der Waals surface area contributed by atoms with E-state index in [1.54, 1.807) is 12.1 Å². The van der Waals surface area contributed by atoms with Crippen molar-refractivity contribution in [3.05, 3.63) is 23.8 Å². The first kappa shape index (κ1) is 6.50. The molecule has 0 spiro atoms. The lowest BCUT2D eigenvalue weighted by molar-refractivity contribution is 0.403. The first-order valence-electron chi connectivity index (χ1n) is 2.73. The highest BCUT2D eigenvalue weighted by Gasteiger charge is 2.00. The second-order valence-electron chi connectivity index (χ2n) is 1.82. The van der Waals surface area contributed by atoms with Crippen molar-refractivity contribution >= 4 is 0 Å². The van der Waals surface area contributed by atoms with Gasteiger partial charge in [-0.15, -0.1) is 6.42 Å². The van der Waals surface area contributed by atoms with Crippen molar-refractivity contribution in [2.24, 2.45) is 0 Å². The van der Waals surface area contributed by atoms with Crippen LogP contribution in [0.4, 0.5) is 0 Å². The minimum atomic E-state index is -0.231. The minimum absolute atomic E-state index is 0.185. The predicted molar refractivity (Wildman–Crippen MR) is 37.7 cm³/mol. The molecule has 0 amide bonds. The number of hydrogen-bond donors (Lipinski definition) is 2. The molecule has 0 aromatic heterocycles. The molecule has 10 heavy (non-hydrogen) atoms. The number of aromatic hydroxyl groups is 2. The van der Waals surface area contributed by atoms with Crippen LogP contribution in [0.1, 0.15) is 5.56 Å². The molecular formula is C8H6O2. The molecule has 0 heterocycles. The fraction of sp³-hybridized carbons (Fsp3) is 0. The molecular weight excluding hydrogens is 128 g/mol. The molecule has 1 aromatic rings. The molecule has 1 aromatic carbocycles. The van der Waals surface area contributed by atoms with Crippen LogP contribution in [0.15, 0.2) is 18.2 Å². The van der Waals surface area contributed by atoms with Crippen LogP contribution in [0.2, 0.25) is 0 Å². The molecule has 0 bridgehead atoms. The minimum Gasteiger partial charge on any atom is -0.504 e. The molecule has 0 saturated carbocycles. The zero-order valence-corrected chi connectivity index (χ0v) is 5.20. The van der Waals surface area contributed by atoms with Crippen LogP contribution in [0.5, 0.6) is 11.5 Å². The average Bonchev–Trinajstić information content (AvgIpc) is 1.95. The molecule has 2 N–H and O–H groups in total. The van der Waals surface area contributed by atoms with Gasteiger partial charge in [0.15, 0.2) is 11.5 Å². The highest BCUT2D eigenvalue weighted by Crippen LogP contribution is 2.26. The van der Waals surface area contributed by atoms with Crippen LogP contribution in [-0.2, 0) is 0 Å². The second kappa shape index (κ2) is 2.32. The third-order valence-electron chi connectivity index (χ3n) is 1.17. The van der Waals surface area contributed by atoms with Gasteiger partial charge in [-0.25, -0.2) is 0 Å². The number of terminal acetylenes is 1. The molecule has 0 saturated heterocycles. The molecule has 2 heteroatoms. The second-order valence-corrected chi connectivity index (χ2v) is 1.82. The average molecular weight is 134 g/mol. The lowest BCUT2D eigenvalue weighted by Crippen LogP contribution is -1.74. The highest BCUT2D eigenvalue weighted by molar-refractivity contribution is 5.51. The van der Waals surface area contributed by atoms with E-state index in [-0.39, 0.29) is 11.5 Å². The van der Waals surface area contributed by atoms with Crippen molar-refractivity contribution in [2.75, 3.05) is 0 Å². The highest BCUT2D eigenvalue weighted by atomic mass is 16.3. The van der Waals surface area contributed by atoms with Gasteiger partial charge >= 0.3 is 0 Å². The van der Waals surface area contributed by atoms with E-state index >= 15 is 0 Å². The Morgan fingerprint density at radius 2 is 2.00 bits per heavy atom. The molecule has 2 nitrogen and oxygen atoms in total. The fourth-order valence-electron chi connectivity index (χ4n) is 0.648. The van der Waals surface area contributed by atoms with Gasteiger partial charge < -0.3 is 10.2 Å². The summed E-state index contributed by atoms with van der Waals surface area (Å²) in [6.07, 6.45) is 5.00. The van der Waals surface area contributed by atoms with Crippen LogP contribution in [0.3, 0.4) is 0 Å². The van der Waals surface area contributed by atoms with Crippen molar-refractivity contribution in [3.63, 3.8) is 0 Å². The van der Waals surface area contributed by atoms with Crippen molar-refractivity contribution in [3.8, 4) is 23.8 Å². The van der Waals surface area contributed by atoms with E-state index in [9.17, 15) is 0 Å². The summed E-state index contributed by atoms with van der Waals surface area (Å²) in [5, 5.41) is 17.9. The molecule has 0 fully saturated rings. The maximum absolute atomic E-state index is 9.01. The topological polar surface area (TPSA) is 40.5 Å². The van der Waals surface area contributed by atoms with E-state index in [2.05, 4.69) is 5.92 Å². The van der Waals surface area contributed by atoms with Crippen LogP contribution in [0.25, 0.3) is 0 Å². The van der Waals surface area contributed by atoms with E-state index < -0.39 is 0 Å². The van der Waals surface area contributed by atoms with Gasteiger partial charge in [0, 0.05) is 0 Å². The van der Waals surface area contributed by atoms with Crippen molar-refractivity contribution in [1.82, 2.24) is 0 Å². The molecule has 0 aliphatic heterocycles. The number of phenols is 2. The monoisotopic (exact) mass is 134 g/mol. The quantitative estimate of drug-likeness (QED) is 0.411. The Balaban J connectivity index is 3.31. The Hall–Kier alpha value is -1.62. The van der Waals surface area contributed by atoms with Gasteiger partial charge in [0.1, 0.15) is 0 Å². The smallest absolute Gasteiger partial charge is 0.173 e. The van der Waals surface area contributed by atoms with E-state index in [1.807, 2.05) is 0 Å². The van der Waals surface area contributed by atoms with Gasteiger partial charge in [0.25, 0.3) is 0 Å². The van der Waals surface area contributed by atoms with E-state index in [0.29, 0.717) is 5.56 Å². The maximum Gasteiger partial charge on any atom is 0.173 e. The van der Waals surface area contributed by atoms with Gasteiger partial charge in [-0.1, -0.05) is 12.0 Å². The number of benzene rings is 1. The first-order valence-corrected chi connectivity index (χ1v) is 2.73. The third kappa shape index (κ3) is 0.893. The van der Waals surface area contributed by atoms with E-state index in [4.69, 9.17) is 16.6 Å². The normalized spacial score (nSPS) is 8.70. The number of rotatable bonds is 0. The van der Waals surface area contributed by atoms with E-state index in [1.165, 1.54) is 6.07 Å². The Morgan fingerprint density at radius 3 is 2.50 bits per heavy atom. The summed E-state index contributed by atoms with van der Waals surface area (Å²) in [5.74, 6) is 1.81. The van der Waals surface area contributed by atoms with Gasteiger partial charge in [-0.05, 0) is 12.1 Å². The van der Waals surface area contributed by atoms with Gasteiger partial charge in [0.2, 0.25) is 0 Å². The molecule has 0 aliphatic carbocycles. The number of para-hydroxylation sites is 1. The van der Waals surface area contributed by atoms with Gasteiger partial charge in [0.05, 0.1) is 5.56 Å². The van der Waals surface area contributed by atoms with Crippen molar-refractivity contribution < 1.29 is 10.2 Å². The predicted octanol–water partition coefficient (Wildman–Crippen LogP) is 1.08. The number of phenolic OH excluding ortho intramolecular Hbond substituents is 2. The van der Waals surface area contributed by atoms with Crippen LogP contribution in [0, 0.1) is 12.3 Å².